The second-order valence-electron chi connectivity index (χ2n) is 3.90. The molecule has 0 amide bonds. The quantitative estimate of drug-likeness (QED) is 0.646. The minimum absolute atomic E-state index is 0.0115. The van der Waals surface area contributed by atoms with E-state index in [-0.39, 0.29) is 22.6 Å². The van der Waals surface area contributed by atoms with Crippen LogP contribution < -0.4 is 5.63 Å². The first-order valence-electron chi connectivity index (χ1n) is 5.65. The molecule has 0 fully saturated rings. The van der Waals surface area contributed by atoms with Gasteiger partial charge < -0.3 is 9.15 Å². The molecule has 2 rings (SSSR count). The van der Waals surface area contributed by atoms with Crippen molar-refractivity contribution < 1.29 is 22.7 Å². The van der Waals surface area contributed by atoms with Gasteiger partial charge in [0.25, 0.3) is 0 Å². The van der Waals surface area contributed by atoms with Gasteiger partial charge in [-0.15, -0.1) is 0 Å². The summed E-state index contributed by atoms with van der Waals surface area (Å²) < 4.78 is 36.7. The predicted molar refractivity (Wildman–Crippen MR) is 68.0 cm³/mol. The van der Waals surface area contributed by atoms with Crippen LogP contribution in [0.1, 0.15) is 12.5 Å². The fourth-order valence-corrected chi connectivity index (χ4v) is 1.88. The maximum atomic E-state index is 13.9. The number of hydrogen-bond acceptors (Lipinski definition) is 4. The lowest BCUT2D eigenvalue weighted by atomic mass is 10.1. The van der Waals surface area contributed by atoms with Crippen LogP contribution in [0.4, 0.5) is 8.78 Å². The molecule has 0 bridgehead atoms. The lowest BCUT2D eigenvalue weighted by Gasteiger charge is -2.14. The topological polar surface area (TPSA) is 56.5 Å². The number of halogens is 3. The Balaban J connectivity index is 2.64. The van der Waals surface area contributed by atoms with Gasteiger partial charge in [-0.1, -0.05) is 23.7 Å². The molecule has 0 N–H and O–H groups in total. The zero-order valence-corrected chi connectivity index (χ0v) is 11.0. The SMILES string of the molecule is CCOC(=O)C(F)(F)c1cc2cccc(Cl)c2oc1=O. The minimum Gasteiger partial charge on any atom is -0.461 e. The molecule has 20 heavy (non-hydrogen) atoms. The van der Waals surface area contributed by atoms with Crippen LogP contribution in [0.2, 0.25) is 5.02 Å². The summed E-state index contributed by atoms with van der Waals surface area (Å²) in [6.45, 7) is 1.16. The number of benzene rings is 1. The van der Waals surface area contributed by atoms with Crippen molar-refractivity contribution in [2.75, 3.05) is 6.61 Å². The third-order valence-electron chi connectivity index (χ3n) is 2.58. The van der Waals surface area contributed by atoms with Crippen molar-refractivity contribution in [1.29, 1.82) is 0 Å². The third kappa shape index (κ3) is 2.38. The second kappa shape index (κ2) is 5.20. The average Bonchev–Trinajstić information content (AvgIpc) is 2.39. The number of para-hydroxylation sites is 1. The summed E-state index contributed by atoms with van der Waals surface area (Å²) >= 11 is 5.80. The van der Waals surface area contributed by atoms with E-state index in [1.54, 1.807) is 0 Å². The standard InChI is InChI=1S/C13H9ClF2O4/c1-2-19-12(18)13(15,16)8-6-7-4-3-5-9(14)10(7)20-11(8)17/h3-6H,2H2,1H3. The Kier molecular flexibility index (Phi) is 3.76. The predicted octanol–water partition coefficient (Wildman–Crippen LogP) is 3.10. The van der Waals surface area contributed by atoms with E-state index in [2.05, 4.69) is 4.74 Å². The summed E-state index contributed by atoms with van der Waals surface area (Å²) in [6, 6.07) is 5.28. The average molecular weight is 303 g/mol. The number of rotatable bonds is 3. The van der Waals surface area contributed by atoms with Crippen LogP contribution in [0.15, 0.2) is 33.5 Å². The molecule has 0 aliphatic rings. The molecular weight excluding hydrogens is 294 g/mol. The molecule has 2 aromatic rings. The van der Waals surface area contributed by atoms with Crippen molar-refractivity contribution in [3.63, 3.8) is 0 Å². The van der Waals surface area contributed by atoms with E-state index in [0.717, 1.165) is 6.07 Å². The van der Waals surface area contributed by atoms with Crippen LogP contribution >= 0.6 is 11.6 Å². The van der Waals surface area contributed by atoms with Gasteiger partial charge in [-0.05, 0) is 19.1 Å². The Morgan fingerprint density at radius 1 is 1.45 bits per heavy atom. The van der Waals surface area contributed by atoms with Crippen molar-refractivity contribution in [3.05, 3.63) is 45.3 Å². The van der Waals surface area contributed by atoms with E-state index in [1.807, 2.05) is 0 Å². The summed E-state index contributed by atoms with van der Waals surface area (Å²) in [7, 11) is 0. The normalized spacial score (nSPS) is 11.6. The number of esters is 1. The Labute approximate surface area is 116 Å². The van der Waals surface area contributed by atoms with E-state index in [4.69, 9.17) is 16.0 Å². The maximum absolute atomic E-state index is 13.9. The van der Waals surface area contributed by atoms with Gasteiger partial charge in [0.1, 0.15) is 5.56 Å². The number of alkyl halides is 2. The molecule has 0 spiro atoms. The molecule has 0 saturated heterocycles. The largest absolute Gasteiger partial charge is 0.461 e. The summed E-state index contributed by atoms with van der Waals surface area (Å²) in [5.74, 6) is -5.87. The monoisotopic (exact) mass is 302 g/mol. The highest BCUT2D eigenvalue weighted by Gasteiger charge is 2.45. The molecule has 0 atom stereocenters. The number of carbonyl (C=O) groups excluding carboxylic acids is 1. The fourth-order valence-electron chi connectivity index (χ4n) is 1.66. The zero-order valence-electron chi connectivity index (χ0n) is 10.3. The first kappa shape index (κ1) is 14.5. The molecule has 106 valence electrons. The summed E-state index contributed by atoms with van der Waals surface area (Å²) in [4.78, 5) is 22.9. The van der Waals surface area contributed by atoms with Crippen molar-refractivity contribution in [2.24, 2.45) is 0 Å². The summed E-state index contributed by atoms with van der Waals surface area (Å²) in [5.41, 5.74) is -2.42. The fraction of sp³-hybridized carbons (Fsp3) is 0.231. The van der Waals surface area contributed by atoms with E-state index in [9.17, 15) is 18.4 Å². The van der Waals surface area contributed by atoms with Crippen molar-refractivity contribution in [2.45, 2.75) is 12.8 Å². The van der Waals surface area contributed by atoms with Crippen LogP contribution in [0.25, 0.3) is 11.0 Å². The first-order chi connectivity index (χ1) is 9.37. The third-order valence-corrected chi connectivity index (χ3v) is 2.88. The molecule has 0 radical (unpaired) electrons. The highest BCUT2D eigenvalue weighted by molar-refractivity contribution is 6.34. The number of fused-ring (bicyclic) bond motifs is 1. The Bertz CT molecular complexity index is 724. The summed E-state index contributed by atoms with van der Waals surface area (Å²) in [5, 5.41) is 0.307. The maximum Gasteiger partial charge on any atom is 0.382 e. The second-order valence-corrected chi connectivity index (χ2v) is 4.31. The van der Waals surface area contributed by atoms with Gasteiger partial charge in [-0.3, -0.25) is 0 Å². The number of carbonyl (C=O) groups is 1. The van der Waals surface area contributed by atoms with Crippen LogP contribution in [-0.2, 0) is 15.5 Å². The van der Waals surface area contributed by atoms with Gasteiger partial charge in [0.05, 0.1) is 11.6 Å². The van der Waals surface area contributed by atoms with Gasteiger partial charge in [0.15, 0.2) is 5.58 Å². The van der Waals surface area contributed by atoms with E-state index in [0.29, 0.717) is 0 Å². The molecule has 0 unspecified atom stereocenters. The summed E-state index contributed by atoms with van der Waals surface area (Å²) in [6.07, 6.45) is 0. The molecule has 1 aromatic heterocycles. The lowest BCUT2D eigenvalue weighted by Crippen LogP contribution is -2.33. The van der Waals surface area contributed by atoms with Crippen LogP contribution in [-0.4, -0.2) is 12.6 Å². The molecule has 1 heterocycles. The van der Waals surface area contributed by atoms with E-state index < -0.39 is 23.1 Å². The molecular formula is C13H9ClF2O4. The Hall–Kier alpha value is -1.95. The molecule has 7 heteroatoms. The molecule has 0 aliphatic carbocycles. The Morgan fingerprint density at radius 2 is 2.15 bits per heavy atom. The highest BCUT2D eigenvalue weighted by Crippen LogP contribution is 2.30. The van der Waals surface area contributed by atoms with Crippen molar-refractivity contribution in [3.8, 4) is 0 Å². The van der Waals surface area contributed by atoms with Crippen LogP contribution in [0.3, 0.4) is 0 Å². The number of ether oxygens (including phenoxy) is 1. The molecule has 1 aromatic carbocycles. The highest BCUT2D eigenvalue weighted by atomic mass is 35.5. The van der Waals surface area contributed by atoms with Gasteiger partial charge >= 0.3 is 17.5 Å². The zero-order chi connectivity index (χ0) is 14.9. The van der Waals surface area contributed by atoms with Crippen molar-refractivity contribution >= 4 is 28.5 Å². The van der Waals surface area contributed by atoms with Crippen LogP contribution in [0.5, 0.6) is 0 Å². The van der Waals surface area contributed by atoms with Gasteiger partial charge in [-0.2, -0.15) is 8.78 Å². The van der Waals surface area contributed by atoms with Gasteiger partial charge in [0, 0.05) is 5.39 Å². The van der Waals surface area contributed by atoms with Gasteiger partial charge in [0.2, 0.25) is 0 Å². The lowest BCUT2D eigenvalue weighted by molar-refractivity contribution is -0.173. The smallest absolute Gasteiger partial charge is 0.382 e. The van der Waals surface area contributed by atoms with Crippen LogP contribution in [0, 0.1) is 0 Å². The van der Waals surface area contributed by atoms with E-state index in [1.165, 1.54) is 25.1 Å². The first-order valence-corrected chi connectivity index (χ1v) is 6.03. The molecule has 0 saturated carbocycles. The number of hydrogen-bond donors (Lipinski definition) is 0. The molecule has 4 nitrogen and oxygen atoms in total. The van der Waals surface area contributed by atoms with E-state index >= 15 is 0 Å². The van der Waals surface area contributed by atoms with Crippen molar-refractivity contribution in [1.82, 2.24) is 0 Å². The van der Waals surface area contributed by atoms with Gasteiger partial charge in [-0.25, -0.2) is 9.59 Å². The minimum atomic E-state index is -4.08. The Morgan fingerprint density at radius 3 is 2.80 bits per heavy atom. The molecule has 0 aliphatic heterocycles.